The van der Waals surface area contributed by atoms with E-state index in [-0.39, 0.29) is 10.6 Å². The van der Waals surface area contributed by atoms with Crippen LogP contribution in [0.5, 0.6) is 5.75 Å². The summed E-state index contributed by atoms with van der Waals surface area (Å²) in [4.78, 5) is 10.5. The van der Waals surface area contributed by atoms with Crippen LogP contribution in [0.15, 0.2) is 48.5 Å². The summed E-state index contributed by atoms with van der Waals surface area (Å²) in [6.07, 6.45) is 0. The molecule has 0 saturated heterocycles. The molecule has 0 saturated carbocycles. The van der Waals surface area contributed by atoms with Crippen LogP contribution in [0.4, 0.5) is 11.4 Å². The molecule has 2 aromatic carbocycles. The fraction of sp³-hybridized carbons (Fsp3) is 0.200. The average molecular weight is 272 g/mol. The smallest absolute Gasteiger partial charge is 0.292 e. The fourth-order valence-corrected chi connectivity index (χ4v) is 1.85. The highest BCUT2D eigenvalue weighted by atomic mass is 16.6. The lowest BCUT2D eigenvalue weighted by molar-refractivity contribution is -0.384. The summed E-state index contributed by atoms with van der Waals surface area (Å²) >= 11 is 0. The monoisotopic (exact) mass is 272 g/mol. The van der Waals surface area contributed by atoms with Gasteiger partial charge >= 0.3 is 0 Å². The molecule has 0 aliphatic rings. The largest absolute Gasteiger partial charge is 0.494 e. The number of anilines is 1. The number of nitro benzene ring substituents is 1. The summed E-state index contributed by atoms with van der Waals surface area (Å²) in [6.45, 7) is 3.09. The molecule has 0 spiro atoms. The Hall–Kier alpha value is -2.56. The van der Waals surface area contributed by atoms with Crippen molar-refractivity contribution < 1.29 is 9.66 Å². The van der Waals surface area contributed by atoms with E-state index in [4.69, 9.17) is 4.74 Å². The number of nitrogens with zero attached hydrogens (tertiary/aromatic N) is 1. The third-order valence-electron chi connectivity index (χ3n) is 2.82. The molecule has 0 heterocycles. The zero-order chi connectivity index (χ0) is 14.4. The molecule has 0 fully saturated rings. The highest BCUT2D eigenvalue weighted by Crippen LogP contribution is 2.24. The van der Waals surface area contributed by atoms with Gasteiger partial charge in [0.15, 0.2) is 0 Å². The number of nitro groups is 1. The molecule has 2 rings (SSSR count). The topological polar surface area (TPSA) is 64.4 Å². The zero-order valence-corrected chi connectivity index (χ0v) is 11.2. The predicted molar refractivity (Wildman–Crippen MR) is 78.0 cm³/mol. The Morgan fingerprint density at radius 1 is 1.15 bits per heavy atom. The van der Waals surface area contributed by atoms with Crippen LogP contribution in [0, 0.1) is 10.1 Å². The molecule has 0 unspecified atom stereocenters. The van der Waals surface area contributed by atoms with Gasteiger partial charge in [-0.1, -0.05) is 24.3 Å². The third-order valence-corrected chi connectivity index (χ3v) is 2.82. The van der Waals surface area contributed by atoms with Gasteiger partial charge in [-0.2, -0.15) is 0 Å². The quantitative estimate of drug-likeness (QED) is 0.644. The summed E-state index contributed by atoms with van der Waals surface area (Å²) in [5, 5.41) is 14.0. The SMILES string of the molecule is CCOc1ccc(CNc2ccccc2[N+](=O)[O-])cc1. The Morgan fingerprint density at radius 3 is 2.50 bits per heavy atom. The standard InChI is InChI=1S/C15H16N2O3/c1-2-20-13-9-7-12(8-10-13)11-16-14-5-3-4-6-15(14)17(18)19/h3-10,16H,2,11H2,1H3. The summed E-state index contributed by atoms with van der Waals surface area (Å²) < 4.78 is 5.36. The van der Waals surface area contributed by atoms with Crippen LogP contribution in [0.3, 0.4) is 0 Å². The van der Waals surface area contributed by atoms with E-state index in [1.807, 2.05) is 31.2 Å². The molecular formula is C15H16N2O3. The molecule has 0 bridgehead atoms. The lowest BCUT2D eigenvalue weighted by Crippen LogP contribution is -2.02. The Kier molecular flexibility index (Phi) is 4.55. The van der Waals surface area contributed by atoms with Gasteiger partial charge in [0, 0.05) is 12.6 Å². The molecule has 0 atom stereocenters. The van der Waals surface area contributed by atoms with Crippen molar-refractivity contribution in [2.24, 2.45) is 0 Å². The molecule has 0 amide bonds. The van der Waals surface area contributed by atoms with Crippen molar-refractivity contribution in [2.45, 2.75) is 13.5 Å². The molecular weight excluding hydrogens is 256 g/mol. The molecule has 1 N–H and O–H groups in total. The number of ether oxygens (including phenoxy) is 1. The van der Waals surface area contributed by atoms with Crippen LogP contribution in [0.2, 0.25) is 0 Å². The Bertz CT molecular complexity index is 582. The maximum atomic E-state index is 10.9. The fourth-order valence-electron chi connectivity index (χ4n) is 1.85. The van der Waals surface area contributed by atoms with Gasteiger partial charge in [0.05, 0.1) is 11.5 Å². The second-order valence-electron chi connectivity index (χ2n) is 4.20. The van der Waals surface area contributed by atoms with Crippen molar-refractivity contribution in [3.05, 3.63) is 64.2 Å². The number of benzene rings is 2. The number of rotatable bonds is 6. The van der Waals surface area contributed by atoms with Crippen LogP contribution in [-0.2, 0) is 6.54 Å². The molecule has 104 valence electrons. The van der Waals surface area contributed by atoms with Gasteiger partial charge in [-0.25, -0.2) is 0 Å². The average Bonchev–Trinajstić information content (AvgIpc) is 2.47. The van der Waals surface area contributed by atoms with E-state index in [2.05, 4.69) is 5.32 Å². The molecule has 5 heteroatoms. The maximum Gasteiger partial charge on any atom is 0.292 e. The third kappa shape index (κ3) is 3.47. The highest BCUT2D eigenvalue weighted by molar-refractivity contribution is 5.61. The number of hydrogen-bond acceptors (Lipinski definition) is 4. The van der Waals surface area contributed by atoms with Gasteiger partial charge in [0.25, 0.3) is 5.69 Å². The van der Waals surface area contributed by atoms with Crippen molar-refractivity contribution in [3.63, 3.8) is 0 Å². The molecule has 0 aliphatic carbocycles. The molecule has 5 nitrogen and oxygen atoms in total. The van der Waals surface area contributed by atoms with E-state index in [0.717, 1.165) is 11.3 Å². The minimum Gasteiger partial charge on any atom is -0.494 e. The number of para-hydroxylation sites is 2. The zero-order valence-electron chi connectivity index (χ0n) is 11.2. The second-order valence-corrected chi connectivity index (χ2v) is 4.20. The van der Waals surface area contributed by atoms with Crippen LogP contribution >= 0.6 is 0 Å². The first-order valence-electron chi connectivity index (χ1n) is 6.39. The predicted octanol–water partition coefficient (Wildman–Crippen LogP) is 3.61. The summed E-state index contributed by atoms with van der Waals surface area (Å²) in [5.74, 6) is 0.821. The van der Waals surface area contributed by atoms with Crippen LogP contribution < -0.4 is 10.1 Å². The summed E-state index contributed by atoms with van der Waals surface area (Å²) in [5.41, 5.74) is 1.64. The maximum absolute atomic E-state index is 10.9. The van der Waals surface area contributed by atoms with Gasteiger partial charge in [0.2, 0.25) is 0 Å². The van der Waals surface area contributed by atoms with Crippen molar-refractivity contribution >= 4 is 11.4 Å². The van der Waals surface area contributed by atoms with Crippen molar-refractivity contribution in [2.75, 3.05) is 11.9 Å². The molecule has 0 aliphatic heterocycles. The minimum atomic E-state index is -0.388. The first-order chi connectivity index (χ1) is 9.70. The second kappa shape index (κ2) is 6.56. The summed E-state index contributed by atoms with van der Waals surface area (Å²) in [6, 6.07) is 14.3. The Morgan fingerprint density at radius 2 is 1.85 bits per heavy atom. The van der Waals surface area contributed by atoms with Crippen molar-refractivity contribution in [3.8, 4) is 5.75 Å². The van der Waals surface area contributed by atoms with Crippen LogP contribution in [0.1, 0.15) is 12.5 Å². The van der Waals surface area contributed by atoms with Gasteiger partial charge in [-0.15, -0.1) is 0 Å². The van der Waals surface area contributed by atoms with Gasteiger partial charge in [-0.3, -0.25) is 10.1 Å². The van der Waals surface area contributed by atoms with Gasteiger partial charge in [0.1, 0.15) is 11.4 Å². The minimum absolute atomic E-state index is 0.0819. The lowest BCUT2D eigenvalue weighted by atomic mass is 10.2. The number of nitrogens with one attached hydrogen (secondary N) is 1. The Labute approximate surface area is 117 Å². The molecule has 0 radical (unpaired) electrons. The molecule has 0 aromatic heterocycles. The van der Waals surface area contributed by atoms with E-state index >= 15 is 0 Å². The van der Waals surface area contributed by atoms with E-state index in [1.165, 1.54) is 6.07 Å². The van der Waals surface area contributed by atoms with Gasteiger partial charge in [-0.05, 0) is 30.7 Å². The van der Waals surface area contributed by atoms with Crippen molar-refractivity contribution in [1.82, 2.24) is 0 Å². The first kappa shape index (κ1) is 13.9. The van der Waals surface area contributed by atoms with Crippen LogP contribution in [0.25, 0.3) is 0 Å². The molecule has 2 aromatic rings. The first-order valence-corrected chi connectivity index (χ1v) is 6.39. The van der Waals surface area contributed by atoms with E-state index in [0.29, 0.717) is 18.8 Å². The lowest BCUT2D eigenvalue weighted by Gasteiger charge is -2.08. The van der Waals surface area contributed by atoms with E-state index < -0.39 is 0 Å². The van der Waals surface area contributed by atoms with Crippen molar-refractivity contribution in [1.29, 1.82) is 0 Å². The normalized spacial score (nSPS) is 10.1. The van der Waals surface area contributed by atoms with E-state index in [9.17, 15) is 10.1 Å². The number of hydrogen-bond donors (Lipinski definition) is 1. The van der Waals surface area contributed by atoms with Crippen LogP contribution in [-0.4, -0.2) is 11.5 Å². The Balaban J connectivity index is 2.03. The molecule has 20 heavy (non-hydrogen) atoms. The highest BCUT2D eigenvalue weighted by Gasteiger charge is 2.11. The van der Waals surface area contributed by atoms with E-state index in [1.54, 1.807) is 18.2 Å². The summed E-state index contributed by atoms with van der Waals surface area (Å²) in [7, 11) is 0. The van der Waals surface area contributed by atoms with Gasteiger partial charge < -0.3 is 10.1 Å².